The second kappa shape index (κ2) is 4.80. The van der Waals surface area contributed by atoms with Gasteiger partial charge in [-0.2, -0.15) is 0 Å². The second-order valence-electron chi connectivity index (χ2n) is 5.23. The summed E-state index contributed by atoms with van der Waals surface area (Å²) < 4.78 is 0. The van der Waals surface area contributed by atoms with Crippen molar-refractivity contribution in [1.29, 1.82) is 0 Å². The highest BCUT2D eigenvalue weighted by atomic mass is 16.6. The summed E-state index contributed by atoms with van der Waals surface area (Å²) in [6, 6.07) is 2.84. The fourth-order valence-electron chi connectivity index (χ4n) is 2.45. The van der Waals surface area contributed by atoms with Gasteiger partial charge in [0.05, 0.1) is 4.92 Å². The van der Waals surface area contributed by atoms with Gasteiger partial charge in [-0.25, -0.2) is 4.98 Å². The van der Waals surface area contributed by atoms with E-state index in [1.807, 2.05) is 0 Å². The summed E-state index contributed by atoms with van der Waals surface area (Å²) in [4.78, 5) is 14.5. The van der Waals surface area contributed by atoms with Gasteiger partial charge in [0.1, 0.15) is 5.82 Å². The molecule has 6 nitrogen and oxygen atoms in total. The minimum atomic E-state index is -0.439. The molecule has 0 aromatic carbocycles. The number of nitrogens with two attached hydrogens (primary N) is 1. The lowest BCUT2D eigenvalue weighted by molar-refractivity contribution is -0.384. The Labute approximate surface area is 106 Å². The molecule has 0 saturated heterocycles. The van der Waals surface area contributed by atoms with Gasteiger partial charge >= 0.3 is 5.69 Å². The third kappa shape index (κ3) is 2.69. The van der Waals surface area contributed by atoms with Crippen LogP contribution in [0.15, 0.2) is 12.1 Å². The Kier molecular flexibility index (Phi) is 3.36. The van der Waals surface area contributed by atoms with Crippen LogP contribution < -0.4 is 11.1 Å². The van der Waals surface area contributed by atoms with Crippen LogP contribution in [-0.4, -0.2) is 16.5 Å². The van der Waals surface area contributed by atoms with Crippen molar-refractivity contribution < 1.29 is 4.92 Å². The molecule has 1 aromatic heterocycles. The van der Waals surface area contributed by atoms with Crippen molar-refractivity contribution >= 4 is 17.3 Å². The maximum absolute atomic E-state index is 10.9. The van der Waals surface area contributed by atoms with E-state index in [0.717, 1.165) is 12.8 Å². The number of aromatic nitrogens is 1. The fourth-order valence-corrected chi connectivity index (χ4v) is 2.45. The number of pyridine rings is 1. The van der Waals surface area contributed by atoms with Crippen LogP contribution in [0.1, 0.15) is 32.6 Å². The number of rotatable bonds is 4. The molecule has 0 spiro atoms. The predicted octanol–water partition coefficient (Wildman–Crippen LogP) is 2.56. The van der Waals surface area contributed by atoms with E-state index in [9.17, 15) is 10.1 Å². The summed E-state index contributed by atoms with van der Waals surface area (Å²) in [6.07, 6.45) is 4.75. The highest BCUT2D eigenvalue weighted by Gasteiger charge is 2.29. The maximum atomic E-state index is 10.9. The number of nitrogens with zero attached hydrogens (tertiary/aromatic N) is 2. The van der Waals surface area contributed by atoms with E-state index in [2.05, 4.69) is 17.2 Å². The maximum Gasteiger partial charge on any atom is 0.311 e. The summed E-state index contributed by atoms with van der Waals surface area (Å²) in [5.74, 6) is 0.563. The quantitative estimate of drug-likeness (QED) is 0.632. The van der Waals surface area contributed by atoms with Crippen molar-refractivity contribution in [3.63, 3.8) is 0 Å². The molecule has 1 heterocycles. The zero-order valence-electron chi connectivity index (χ0n) is 10.5. The van der Waals surface area contributed by atoms with Crippen molar-refractivity contribution in [2.24, 2.45) is 5.41 Å². The molecule has 1 fully saturated rings. The molecule has 0 atom stereocenters. The molecule has 6 heteroatoms. The van der Waals surface area contributed by atoms with Crippen LogP contribution in [0, 0.1) is 15.5 Å². The van der Waals surface area contributed by atoms with Gasteiger partial charge in [0.15, 0.2) is 0 Å². The number of anilines is 2. The molecule has 18 heavy (non-hydrogen) atoms. The van der Waals surface area contributed by atoms with Gasteiger partial charge < -0.3 is 11.1 Å². The summed E-state index contributed by atoms with van der Waals surface area (Å²) in [5.41, 5.74) is 5.76. The summed E-state index contributed by atoms with van der Waals surface area (Å²) in [6.45, 7) is 2.90. The van der Waals surface area contributed by atoms with Crippen LogP contribution >= 0.6 is 0 Å². The van der Waals surface area contributed by atoms with E-state index in [1.54, 1.807) is 0 Å². The van der Waals surface area contributed by atoms with Crippen LogP contribution in [0.4, 0.5) is 17.3 Å². The molecule has 1 saturated carbocycles. The highest BCUT2D eigenvalue weighted by Crippen LogP contribution is 2.38. The van der Waals surface area contributed by atoms with Gasteiger partial charge in [0, 0.05) is 12.6 Å². The molecule has 0 bridgehead atoms. The van der Waals surface area contributed by atoms with E-state index >= 15 is 0 Å². The first-order valence-corrected chi connectivity index (χ1v) is 6.15. The lowest BCUT2D eigenvalue weighted by atomic mass is 9.89. The van der Waals surface area contributed by atoms with Gasteiger partial charge in [0.2, 0.25) is 5.82 Å². The van der Waals surface area contributed by atoms with E-state index in [-0.39, 0.29) is 16.9 Å². The number of hydrogen-bond acceptors (Lipinski definition) is 5. The highest BCUT2D eigenvalue weighted by molar-refractivity contribution is 5.59. The molecular weight excluding hydrogens is 232 g/mol. The topological polar surface area (TPSA) is 94.1 Å². The summed E-state index contributed by atoms with van der Waals surface area (Å²) in [7, 11) is 0. The molecule has 0 aliphatic heterocycles. The van der Waals surface area contributed by atoms with Crippen molar-refractivity contribution in [2.75, 3.05) is 17.6 Å². The fraction of sp³-hybridized carbons (Fsp3) is 0.583. The molecule has 0 radical (unpaired) electrons. The number of nitrogen functional groups attached to an aromatic ring is 1. The lowest BCUT2D eigenvalue weighted by Gasteiger charge is -2.23. The molecule has 1 aliphatic rings. The zero-order valence-corrected chi connectivity index (χ0v) is 10.5. The molecule has 1 aromatic rings. The standard InChI is InChI=1S/C12H18N4O2/c1-12(6-2-3-7-12)8-14-11-9(16(17)18)4-5-10(13)15-11/h4-5H,2-3,6-8H2,1H3,(H3,13,14,15). The van der Waals surface area contributed by atoms with E-state index < -0.39 is 4.92 Å². The van der Waals surface area contributed by atoms with Crippen molar-refractivity contribution in [3.8, 4) is 0 Å². The van der Waals surface area contributed by atoms with E-state index in [0.29, 0.717) is 12.4 Å². The van der Waals surface area contributed by atoms with Gasteiger partial charge in [-0.1, -0.05) is 19.8 Å². The Morgan fingerprint density at radius 3 is 2.78 bits per heavy atom. The number of hydrogen-bond donors (Lipinski definition) is 2. The molecule has 1 aliphatic carbocycles. The molecule has 0 unspecified atom stereocenters. The average Bonchev–Trinajstić information content (AvgIpc) is 2.74. The molecule has 98 valence electrons. The van der Waals surface area contributed by atoms with Crippen molar-refractivity contribution in [3.05, 3.63) is 22.2 Å². The summed E-state index contributed by atoms with van der Waals surface area (Å²) >= 11 is 0. The van der Waals surface area contributed by atoms with Gasteiger partial charge in [-0.05, 0) is 24.3 Å². The first kappa shape index (κ1) is 12.6. The Bertz CT molecular complexity index is 455. The Balaban J connectivity index is 2.12. The largest absolute Gasteiger partial charge is 0.384 e. The number of nitro groups is 1. The normalized spacial score (nSPS) is 17.6. The van der Waals surface area contributed by atoms with Crippen LogP contribution in [0.25, 0.3) is 0 Å². The van der Waals surface area contributed by atoms with E-state index in [1.165, 1.54) is 25.0 Å². The van der Waals surface area contributed by atoms with Gasteiger partial charge in [0.25, 0.3) is 0 Å². The lowest BCUT2D eigenvalue weighted by Crippen LogP contribution is -2.23. The SMILES string of the molecule is CC1(CNc2nc(N)ccc2[N+](=O)[O-])CCCC1. The third-order valence-corrected chi connectivity index (χ3v) is 3.59. The third-order valence-electron chi connectivity index (χ3n) is 3.59. The monoisotopic (exact) mass is 250 g/mol. The average molecular weight is 250 g/mol. The van der Waals surface area contributed by atoms with Crippen LogP contribution in [0.5, 0.6) is 0 Å². The van der Waals surface area contributed by atoms with E-state index in [4.69, 9.17) is 5.73 Å². The van der Waals surface area contributed by atoms with Gasteiger partial charge in [-0.3, -0.25) is 10.1 Å². The first-order valence-electron chi connectivity index (χ1n) is 6.15. The minimum Gasteiger partial charge on any atom is -0.384 e. The Hall–Kier alpha value is -1.85. The molecular formula is C12H18N4O2. The Morgan fingerprint density at radius 2 is 2.17 bits per heavy atom. The smallest absolute Gasteiger partial charge is 0.311 e. The summed E-state index contributed by atoms with van der Waals surface area (Å²) in [5, 5.41) is 14.0. The van der Waals surface area contributed by atoms with Gasteiger partial charge in [-0.15, -0.1) is 0 Å². The molecule has 0 amide bonds. The molecule has 3 N–H and O–H groups in total. The second-order valence-corrected chi connectivity index (χ2v) is 5.23. The van der Waals surface area contributed by atoms with Crippen molar-refractivity contribution in [2.45, 2.75) is 32.6 Å². The number of nitrogens with one attached hydrogen (secondary N) is 1. The van der Waals surface area contributed by atoms with Crippen molar-refractivity contribution in [1.82, 2.24) is 4.98 Å². The predicted molar refractivity (Wildman–Crippen MR) is 70.4 cm³/mol. The molecule has 2 rings (SSSR count). The van der Waals surface area contributed by atoms with Crippen LogP contribution in [0.2, 0.25) is 0 Å². The zero-order chi connectivity index (χ0) is 13.2. The first-order chi connectivity index (χ1) is 8.50. The van der Waals surface area contributed by atoms with Crippen LogP contribution in [-0.2, 0) is 0 Å². The minimum absolute atomic E-state index is 0.0224. The van der Waals surface area contributed by atoms with Crippen LogP contribution in [0.3, 0.4) is 0 Å². The Morgan fingerprint density at radius 1 is 1.50 bits per heavy atom.